The molecule has 2 heterocycles. The SMILES string of the molecule is O=S(=O)(NC[C@@H]1CCCO1)c1ccc(S(=O)(=O)N2CCCCCC2)cc1. The summed E-state index contributed by atoms with van der Waals surface area (Å²) in [6, 6.07) is 5.45. The van der Waals surface area contributed by atoms with Crippen molar-refractivity contribution in [2.75, 3.05) is 26.2 Å². The molecule has 0 bridgehead atoms. The highest BCUT2D eigenvalue weighted by Crippen LogP contribution is 2.22. The predicted octanol–water partition coefficient (Wildman–Crippen LogP) is 1.71. The summed E-state index contributed by atoms with van der Waals surface area (Å²) in [5.41, 5.74) is 0. The first-order chi connectivity index (χ1) is 12.4. The van der Waals surface area contributed by atoms with Crippen molar-refractivity contribution in [1.82, 2.24) is 9.03 Å². The number of nitrogens with zero attached hydrogens (tertiary/aromatic N) is 1. The van der Waals surface area contributed by atoms with Crippen LogP contribution in [0, 0.1) is 0 Å². The zero-order valence-corrected chi connectivity index (χ0v) is 16.4. The van der Waals surface area contributed by atoms with Crippen LogP contribution in [-0.2, 0) is 24.8 Å². The van der Waals surface area contributed by atoms with Gasteiger partial charge in [0.1, 0.15) is 0 Å². The lowest BCUT2D eigenvalue weighted by molar-refractivity contribution is 0.114. The van der Waals surface area contributed by atoms with Crippen molar-refractivity contribution in [2.24, 2.45) is 0 Å². The molecule has 1 aromatic carbocycles. The van der Waals surface area contributed by atoms with Crippen molar-refractivity contribution in [2.45, 2.75) is 54.4 Å². The van der Waals surface area contributed by atoms with Gasteiger partial charge in [-0.25, -0.2) is 21.6 Å². The van der Waals surface area contributed by atoms with Crippen LogP contribution in [0.3, 0.4) is 0 Å². The van der Waals surface area contributed by atoms with E-state index in [0.717, 1.165) is 38.5 Å². The summed E-state index contributed by atoms with van der Waals surface area (Å²) in [6.07, 6.45) is 5.49. The first kappa shape index (κ1) is 19.8. The first-order valence-electron chi connectivity index (χ1n) is 9.11. The second-order valence-electron chi connectivity index (χ2n) is 6.78. The molecule has 9 heteroatoms. The third-order valence-electron chi connectivity index (χ3n) is 4.86. The van der Waals surface area contributed by atoms with Crippen molar-refractivity contribution < 1.29 is 21.6 Å². The maximum Gasteiger partial charge on any atom is 0.243 e. The van der Waals surface area contributed by atoms with Gasteiger partial charge in [-0.3, -0.25) is 0 Å². The van der Waals surface area contributed by atoms with Gasteiger partial charge in [0, 0.05) is 26.2 Å². The van der Waals surface area contributed by atoms with Crippen molar-refractivity contribution in [3.05, 3.63) is 24.3 Å². The molecule has 26 heavy (non-hydrogen) atoms. The number of ether oxygens (including phenoxy) is 1. The molecular weight excluding hydrogens is 376 g/mol. The molecule has 2 fully saturated rings. The number of hydrogen-bond donors (Lipinski definition) is 1. The van der Waals surface area contributed by atoms with E-state index in [9.17, 15) is 16.8 Å². The zero-order chi connectivity index (χ0) is 18.6. The van der Waals surface area contributed by atoms with Gasteiger partial charge in [-0.15, -0.1) is 0 Å². The minimum absolute atomic E-state index is 0.0605. The molecule has 2 saturated heterocycles. The van der Waals surface area contributed by atoms with Gasteiger partial charge in [-0.1, -0.05) is 12.8 Å². The molecule has 0 aromatic heterocycles. The topological polar surface area (TPSA) is 92.8 Å². The highest BCUT2D eigenvalue weighted by atomic mass is 32.2. The molecule has 146 valence electrons. The number of hydrogen-bond acceptors (Lipinski definition) is 5. The van der Waals surface area contributed by atoms with Crippen LogP contribution in [-0.4, -0.2) is 53.5 Å². The van der Waals surface area contributed by atoms with Crippen LogP contribution >= 0.6 is 0 Å². The van der Waals surface area contributed by atoms with Crippen molar-refractivity contribution in [3.63, 3.8) is 0 Å². The quantitative estimate of drug-likeness (QED) is 0.782. The average molecular weight is 403 g/mol. The van der Waals surface area contributed by atoms with Gasteiger partial charge in [-0.05, 0) is 49.9 Å². The second-order valence-corrected chi connectivity index (χ2v) is 10.5. The summed E-state index contributed by atoms with van der Waals surface area (Å²) in [5, 5.41) is 0. The van der Waals surface area contributed by atoms with Gasteiger partial charge in [0.2, 0.25) is 20.0 Å². The highest BCUT2D eigenvalue weighted by Gasteiger charge is 2.26. The molecule has 0 unspecified atom stereocenters. The highest BCUT2D eigenvalue weighted by molar-refractivity contribution is 7.89. The number of rotatable bonds is 6. The molecule has 0 aliphatic carbocycles. The van der Waals surface area contributed by atoms with Crippen LogP contribution in [0.25, 0.3) is 0 Å². The molecule has 0 radical (unpaired) electrons. The Labute approximate surface area is 155 Å². The summed E-state index contributed by atoms with van der Waals surface area (Å²) in [7, 11) is -7.25. The lowest BCUT2D eigenvalue weighted by Gasteiger charge is -2.20. The standard InChI is InChI=1S/C17H26N2O5S2/c20-25(21,18-14-15-6-5-13-24-15)16-7-9-17(10-8-16)26(22,23)19-11-3-1-2-4-12-19/h7-10,15,18H,1-6,11-14H2/t15-/m0/s1. The molecule has 0 saturated carbocycles. The predicted molar refractivity (Wildman–Crippen MR) is 97.8 cm³/mol. The summed E-state index contributed by atoms with van der Waals surface area (Å²) in [6.45, 7) is 1.93. The summed E-state index contributed by atoms with van der Waals surface area (Å²) in [5.74, 6) is 0. The van der Waals surface area contributed by atoms with E-state index in [1.54, 1.807) is 0 Å². The Morgan fingerprint density at radius 3 is 2.12 bits per heavy atom. The molecule has 7 nitrogen and oxygen atoms in total. The fourth-order valence-corrected chi connectivity index (χ4v) is 5.90. The van der Waals surface area contributed by atoms with E-state index in [-0.39, 0.29) is 22.4 Å². The fraction of sp³-hybridized carbons (Fsp3) is 0.647. The second kappa shape index (κ2) is 8.35. The largest absolute Gasteiger partial charge is 0.377 e. The van der Waals surface area contributed by atoms with Gasteiger partial charge in [-0.2, -0.15) is 4.31 Å². The van der Waals surface area contributed by atoms with Crippen LogP contribution < -0.4 is 4.72 Å². The summed E-state index contributed by atoms with van der Waals surface area (Å²) >= 11 is 0. The maximum atomic E-state index is 12.7. The van der Waals surface area contributed by atoms with E-state index in [4.69, 9.17) is 4.74 Å². The molecule has 2 aliphatic heterocycles. The van der Waals surface area contributed by atoms with Gasteiger partial charge >= 0.3 is 0 Å². The Kier molecular flexibility index (Phi) is 6.34. The third-order valence-corrected chi connectivity index (χ3v) is 8.21. The van der Waals surface area contributed by atoms with Crippen LogP contribution in [0.15, 0.2) is 34.1 Å². The molecule has 1 N–H and O–H groups in total. The molecule has 0 amide bonds. The number of benzene rings is 1. The van der Waals surface area contributed by atoms with E-state index in [1.807, 2.05) is 0 Å². The van der Waals surface area contributed by atoms with E-state index < -0.39 is 20.0 Å². The van der Waals surface area contributed by atoms with Gasteiger partial charge in [0.15, 0.2) is 0 Å². The fourth-order valence-electron chi connectivity index (χ4n) is 3.31. The van der Waals surface area contributed by atoms with Crippen molar-refractivity contribution in [3.8, 4) is 0 Å². The van der Waals surface area contributed by atoms with E-state index in [0.29, 0.717) is 19.7 Å². The summed E-state index contributed by atoms with van der Waals surface area (Å²) in [4.78, 5) is 0.197. The molecule has 0 spiro atoms. The first-order valence-corrected chi connectivity index (χ1v) is 12.0. The minimum Gasteiger partial charge on any atom is -0.377 e. The number of nitrogens with one attached hydrogen (secondary N) is 1. The zero-order valence-electron chi connectivity index (χ0n) is 14.8. The Bertz CT molecular complexity index is 792. The van der Waals surface area contributed by atoms with E-state index in [2.05, 4.69) is 4.72 Å². The number of sulfonamides is 2. The van der Waals surface area contributed by atoms with Crippen molar-refractivity contribution in [1.29, 1.82) is 0 Å². The minimum atomic E-state index is -3.68. The smallest absolute Gasteiger partial charge is 0.243 e. The van der Waals surface area contributed by atoms with Gasteiger partial charge in [0.25, 0.3) is 0 Å². The van der Waals surface area contributed by atoms with Crippen molar-refractivity contribution >= 4 is 20.0 Å². The lowest BCUT2D eigenvalue weighted by atomic mass is 10.2. The Balaban J connectivity index is 1.70. The van der Waals surface area contributed by atoms with Gasteiger partial charge < -0.3 is 4.74 Å². The van der Waals surface area contributed by atoms with Crippen LogP contribution in [0.1, 0.15) is 38.5 Å². The van der Waals surface area contributed by atoms with Gasteiger partial charge in [0.05, 0.1) is 15.9 Å². The molecule has 1 atom stereocenters. The molecule has 1 aromatic rings. The Hall–Kier alpha value is -1.00. The average Bonchev–Trinajstić information content (AvgIpc) is 3.00. The lowest BCUT2D eigenvalue weighted by Crippen LogP contribution is -2.32. The molecule has 3 rings (SSSR count). The van der Waals surface area contributed by atoms with Crippen LogP contribution in [0.4, 0.5) is 0 Å². The Morgan fingerprint density at radius 2 is 1.54 bits per heavy atom. The van der Waals surface area contributed by atoms with E-state index in [1.165, 1.54) is 28.6 Å². The molecule has 2 aliphatic rings. The Morgan fingerprint density at radius 1 is 0.923 bits per heavy atom. The van der Waals surface area contributed by atoms with E-state index >= 15 is 0 Å². The maximum absolute atomic E-state index is 12.7. The monoisotopic (exact) mass is 402 g/mol. The van der Waals surface area contributed by atoms with Crippen LogP contribution in [0.5, 0.6) is 0 Å². The summed E-state index contributed by atoms with van der Waals surface area (Å²) < 4.78 is 59.7. The normalized spacial score (nSPS) is 23.0. The molecular formula is C17H26N2O5S2. The van der Waals surface area contributed by atoms with Crippen LogP contribution in [0.2, 0.25) is 0 Å². The third kappa shape index (κ3) is 4.64.